The van der Waals surface area contributed by atoms with E-state index < -0.39 is 0 Å². The molecule has 1 unspecified atom stereocenters. The van der Waals surface area contributed by atoms with E-state index in [1.807, 2.05) is 0 Å². The molecule has 3 heteroatoms. The first kappa shape index (κ1) is 11.4. The van der Waals surface area contributed by atoms with Crippen molar-refractivity contribution in [1.82, 2.24) is 10.2 Å². The molecule has 0 spiro atoms. The SMILES string of the molecule is COCCN(C1CC1)C1CCCCNC1. The lowest BCUT2D eigenvalue weighted by atomic mass is 10.1. The summed E-state index contributed by atoms with van der Waals surface area (Å²) >= 11 is 0. The number of nitrogens with one attached hydrogen (secondary N) is 1. The predicted molar refractivity (Wildman–Crippen MR) is 62.1 cm³/mol. The van der Waals surface area contributed by atoms with Crippen LogP contribution < -0.4 is 5.32 Å². The molecule has 1 aliphatic carbocycles. The normalized spacial score (nSPS) is 28.0. The van der Waals surface area contributed by atoms with E-state index in [1.165, 1.54) is 45.2 Å². The van der Waals surface area contributed by atoms with Gasteiger partial charge in [0, 0.05) is 32.3 Å². The molecule has 1 aliphatic heterocycles. The standard InChI is InChI=1S/C12H24N2O/c1-15-9-8-14(11-5-6-11)12-4-2-3-7-13-10-12/h11-13H,2-10H2,1H3. The second kappa shape index (κ2) is 5.83. The zero-order valence-corrected chi connectivity index (χ0v) is 9.87. The number of nitrogens with zero attached hydrogens (tertiary/aromatic N) is 1. The van der Waals surface area contributed by atoms with Crippen molar-refractivity contribution in [3.05, 3.63) is 0 Å². The Bertz CT molecular complexity index is 174. The van der Waals surface area contributed by atoms with Crippen LogP contribution in [0.5, 0.6) is 0 Å². The van der Waals surface area contributed by atoms with Gasteiger partial charge in [0.25, 0.3) is 0 Å². The predicted octanol–water partition coefficient (Wildman–Crippen LogP) is 1.24. The summed E-state index contributed by atoms with van der Waals surface area (Å²) in [6.07, 6.45) is 6.90. The van der Waals surface area contributed by atoms with Crippen LogP contribution in [0.25, 0.3) is 0 Å². The number of hydrogen-bond donors (Lipinski definition) is 1. The highest BCUT2D eigenvalue weighted by molar-refractivity contribution is 4.90. The minimum Gasteiger partial charge on any atom is -0.383 e. The Balaban J connectivity index is 1.83. The van der Waals surface area contributed by atoms with Crippen LogP contribution in [0, 0.1) is 0 Å². The van der Waals surface area contributed by atoms with Gasteiger partial charge in [-0.1, -0.05) is 6.42 Å². The first-order valence-corrected chi connectivity index (χ1v) is 6.37. The Morgan fingerprint density at radius 3 is 2.80 bits per heavy atom. The van der Waals surface area contributed by atoms with Gasteiger partial charge in [0.2, 0.25) is 0 Å². The fourth-order valence-electron chi connectivity index (χ4n) is 2.55. The van der Waals surface area contributed by atoms with Crippen LogP contribution in [-0.4, -0.2) is 50.3 Å². The molecular weight excluding hydrogens is 188 g/mol. The fraction of sp³-hybridized carbons (Fsp3) is 1.00. The summed E-state index contributed by atoms with van der Waals surface area (Å²) in [6, 6.07) is 1.63. The zero-order valence-electron chi connectivity index (χ0n) is 9.87. The Morgan fingerprint density at radius 2 is 2.07 bits per heavy atom. The molecule has 0 aromatic carbocycles. The van der Waals surface area contributed by atoms with Crippen molar-refractivity contribution >= 4 is 0 Å². The summed E-state index contributed by atoms with van der Waals surface area (Å²) in [7, 11) is 1.80. The first-order valence-electron chi connectivity index (χ1n) is 6.37. The molecule has 1 N–H and O–H groups in total. The van der Waals surface area contributed by atoms with Crippen molar-refractivity contribution < 1.29 is 4.74 Å². The van der Waals surface area contributed by atoms with E-state index >= 15 is 0 Å². The molecule has 0 bridgehead atoms. The van der Waals surface area contributed by atoms with Crippen LogP contribution in [0.2, 0.25) is 0 Å². The lowest BCUT2D eigenvalue weighted by molar-refractivity contribution is 0.110. The average molecular weight is 212 g/mol. The quantitative estimate of drug-likeness (QED) is 0.742. The minimum absolute atomic E-state index is 0.759. The molecule has 1 saturated carbocycles. The van der Waals surface area contributed by atoms with Crippen molar-refractivity contribution in [1.29, 1.82) is 0 Å². The number of hydrogen-bond acceptors (Lipinski definition) is 3. The Morgan fingerprint density at radius 1 is 1.20 bits per heavy atom. The van der Waals surface area contributed by atoms with Crippen LogP contribution in [0.4, 0.5) is 0 Å². The number of rotatable bonds is 5. The molecule has 2 aliphatic rings. The van der Waals surface area contributed by atoms with Crippen LogP contribution in [-0.2, 0) is 4.74 Å². The maximum atomic E-state index is 5.21. The highest BCUT2D eigenvalue weighted by atomic mass is 16.5. The Kier molecular flexibility index (Phi) is 4.42. The molecule has 88 valence electrons. The van der Waals surface area contributed by atoms with Gasteiger partial charge in [-0.3, -0.25) is 4.90 Å². The molecule has 0 radical (unpaired) electrons. The zero-order chi connectivity index (χ0) is 10.5. The summed E-state index contributed by atoms with van der Waals surface area (Å²) in [6.45, 7) is 4.39. The van der Waals surface area contributed by atoms with E-state index in [9.17, 15) is 0 Å². The summed E-state index contributed by atoms with van der Waals surface area (Å²) in [4.78, 5) is 2.68. The number of ether oxygens (including phenoxy) is 1. The van der Waals surface area contributed by atoms with E-state index in [-0.39, 0.29) is 0 Å². The lowest BCUT2D eigenvalue weighted by Crippen LogP contribution is -2.44. The molecule has 1 saturated heterocycles. The van der Waals surface area contributed by atoms with Gasteiger partial charge in [-0.2, -0.15) is 0 Å². The highest BCUT2D eigenvalue weighted by Crippen LogP contribution is 2.29. The molecule has 0 aromatic heterocycles. The van der Waals surface area contributed by atoms with E-state index in [1.54, 1.807) is 7.11 Å². The molecule has 3 nitrogen and oxygen atoms in total. The van der Waals surface area contributed by atoms with Gasteiger partial charge in [-0.15, -0.1) is 0 Å². The van der Waals surface area contributed by atoms with E-state index in [2.05, 4.69) is 10.2 Å². The number of methoxy groups -OCH3 is 1. The van der Waals surface area contributed by atoms with Gasteiger partial charge >= 0.3 is 0 Å². The van der Waals surface area contributed by atoms with Gasteiger partial charge in [0.05, 0.1) is 6.61 Å². The lowest BCUT2D eigenvalue weighted by Gasteiger charge is -2.30. The largest absolute Gasteiger partial charge is 0.383 e. The van der Waals surface area contributed by atoms with Gasteiger partial charge in [-0.25, -0.2) is 0 Å². The third-order valence-electron chi connectivity index (χ3n) is 3.56. The van der Waals surface area contributed by atoms with Crippen LogP contribution in [0.1, 0.15) is 32.1 Å². The molecule has 15 heavy (non-hydrogen) atoms. The molecule has 0 aromatic rings. The topological polar surface area (TPSA) is 24.5 Å². The summed E-state index contributed by atoms with van der Waals surface area (Å²) in [5, 5.41) is 3.55. The van der Waals surface area contributed by atoms with Crippen LogP contribution in [0.3, 0.4) is 0 Å². The van der Waals surface area contributed by atoms with Crippen LogP contribution in [0.15, 0.2) is 0 Å². The van der Waals surface area contributed by atoms with E-state index in [0.29, 0.717) is 0 Å². The fourth-order valence-corrected chi connectivity index (χ4v) is 2.55. The monoisotopic (exact) mass is 212 g/mol. The summed E-state index contributed by atoms with van der Waals surface area (Å²) in [5.74, 6) is 0. The third kappa shape index (κ3) is 3.44. The molecule has 2 fully saturated rings. The van der Waals surface area contributed by atoms with Gasteiger partial charge < -0.3 is 10.1 Å². The van der Waals surface area contributed by atoms with Crippen LogP contribution >= 0.6 is 0 Å². The summed E-state index contributed by atoms with van der Waals surface area (Å²) in [5.41, 5.74) is 0. The van der Waals surface area contributed by atoms with Gasteiger partial charge in [0.15, 0.2) is 0 Å². The maximum Gasteiger partial charge on any atom is 0.0589 e. The van der Waals surface area contributed by atoms with E-state index in [4.69, 9.17) is 4.74 Å². The average Bonchev–Trinajstić information content (AvgIpc) is 3.05. The molecular formula is C12H24N2O. The highest BCUT2D eigenvalue weighted by Gasteiger charge is 2.33. The molecule has 1 atom stereocenters. The smallest absolute Gasteiger partial charge is 0.0589 e. The Labute approximate surface area is 93.2 Å². The maximum absolute atomic E-state index is 5.21. The van der Waals surface area contributed by atoms with Crippen molar-refractivity contribution in [2.24, 2.45) is 0 Å². The first-order chi connectivity index (χ1) is 7.42. The van der Waals surface area contributed by atoms with Gasteiger partial charge in [-0.05, 0) is 32.2 Å². The van der Waals surface area contributed by atoms with Crippen molar-refractivity contribution in [3.63, 3.8) is 0 Å². The molecule has 0 amide bonds. The van der Waals surface area contributed by atoms with Crippen molar-refractivity contribution in [2.45, 2.75) is 44.2 Å². The molecule has 1 heterocycles. The second-order valence-corrected chi connectivity index (χ2v) is 4.82. The van der Waals surface area contributed by atoms with Crippen molar-refractivity contribution in [3.8, 4) is 0 Å². The molecule has 2 rings (SSSR count). The second-order valence-electron chi connectivity index (χ2n) is 4.82. The van der Waals surface area contributed by atoms with E-state index in [0.717, 1.165) is 25.2 Å². The Hall–Kier alpha value is -0.120. The van der Waals surface area contributed by atoms with Crippen molar-refractivity contribution in [2.75, 3.05) is 33.4 Å². The third-order valence-corrected chi connectivity index (χ3v) is 3.56. The summed E-state index contributed by atoms with van der Waals surface area (Å²) < 4.78 is 5.21. The minimum atomic E-state index is 0.759. The van der Waals surface area contributed by atoms with Gasteiger partial charge in [0.1, 0.15) is 0 Å².